The van der Waals surface area contributed by atoms with Crippen LogP contribution in [0.3, 0.4) is 0 Å². The lowest BCUT2D eigenvalue weighted by molar-refractivity contribution is -0.161. The Balaban J connectivity index is 4.37. The third kappa shape index (κ3) is 43.6. The molecule has 59 heavy (non-hydrogen) atoms. The minimum Gasteiger partial charge on any atom is -0.462 e. The third-order valence-corrected chi connectivity index (χ3v) is 10.6. The fourth-order valence-corrected chi connectivity index (χ4v) is 6.83. The number of phosphoric ester groups is 1. The van der Waals surface area contributed by atoms with Gasteiger partial charge in [0.25, 0.3) is 0 Å². The molecule has 342 valence electrons. The molecule has 0 aromatic carbocycles. The van der Waals surface area contributed by atoms with Gasteiger partial charge in [0.05, 0.1) is 19.8 Å². The molecule has 10 nitrogen and oxygen atoms in total. The molecule has 0 aliphatic rings. The van der Waals surface area contributed by atoms with Crippen molar-refractivity contribution in [1.82, 2.24) is 0 Å². The minimum atomic E-state index is -4.64. The van der Waals surface area contributed by atoms with Crippen molar-refractivity contribution in [2.24, 2.45) is 0 Å². The maximum absolute atomic E-state index is 12.6. The second-order valence-electron chi connectivity index (χ2n) is 15.4. The molecule has 0 aliphatic carbocycles. The summed E-state index contributed by atoms with van der Waals surface area (Å²) in [6, 6.07) is 0. The van der Waals surface area contributed by atoms with Crippen molar-refractivity contribution in [3.63, 3.8) is 0 Å². The van der Waals surface area contributed by atoms with E-state index in [1.54, 1.807) is 0 Å². The quantitative estimate of drug-likeness (QED) is 0.0234. The first-order valence-electron chi connectivity index (χ1n) is 23.2. The normalized spacial score (nSPS) is 14.3. The number of carbonyl (C=O) groups is 2. The topological polar surface area (TPSA) is 149 Å². The smallest absolute Gasteiger partial charge is 0.462 e. The van der Waals surface area contributed by atoms with E-state index >= 15 is 0 Å². The molecule has 0 radical (unpaired) electrons. The van der Waals surface area contributed by atoms with E-state index in [1.807, 2.05) is 6.08 Å². The van der Waals surface area contributed by atoms with E-state index in [-0.39, 0.29) is 19.4 Å². The van der Waals surface area contributed by atoms with Crippen LogP contribution in [0.1, 0.15) is 194 Å². The summed E-state index contributed by atoms with van der Waals surface area (Å²) in [5, 5.41) is 18.3. The number of hydrogen-bond acceptors (Lipinski definition) is 9. The number of esters is 2. The van der Waals surface area contributed by atoms with Crippen LogP contribution in [0.4, 0.5) is 0 Å². The molecule has 0 rings (SSSR count). The number of hydrogen-bond donors (Lipinski definition) is 3. The van der Waals surface area contributed by atoms with Gasteiger partial charge in [0.15, 0.2) is 6.10 Å². The fraction of sp³-hybridized carbons (Fsp3) is 0.750. The zero-order valence-electron chi connectivity index (χ0n) is 37.2. The van der Waals surface area contributed by atoms with Crippen molar-refractivity contribution >= 4 is 19.8 Å². The van der Waals surface area contributed by atoms with Crippen LogP contribution in [0.5, 0.6) is 0 Å². The van der Waals surface area contributed by atoms with E-state index in [0.717, 1.165) is 38.5 Å². The summed E-state index contributed by atoms with van der Waals surface area (Å²) in [6.45, 7) is 2.30. The molecule has 0 bridgehead atoms. The van der Waals surface area contributed by atoms with Gasteiger partial charge in [-0.05, 0) is 77.0 Å². The van der Waals surface area contributed by atoms with E-state index in [1.165, 1.54) is 109 Å². The molecule has 0 aliphatic heterocycles. The molecule has 0 amide bonds. The predicted octanol–water partition coefficient (Wildman–Crippen LogP) is 12.7. The number of aliphatic hydroxyl groups is 2. The Kier molecular flexibility index (Phi) is 42.0. The van der Waals surface area contributed by atoms with Crippen LogP contribution >= 0.6 is 7.82 Å². The average Bonchev–Trinajstić information content (AvgIpc) is 3.22. The zero-order chi connectivity index (χ0) is 43.3. The number of unbranched alkanes of at least 4 members (excludes halogenated alkanes) is 19. The van der Waals surface area contributed by atoms with Crippen LogP contribution in [0.15, 0.2) is 60.8 Å². The van der Waals surface area contributed by atoms with Gasteiger partial charge >= 0.3 is 19.8 Å². The number of phosphoric acid groups is 1. The average molecular weight is 853 g/mol. The van der Waals surface area contributed by atoms with Gasteiger partial charge < -0.3 is 24.6 Å². The summed E-state index contributed by atoms with van der Waals surface area (Å²) in [4.78, 5) is 35.0. The molecule has 0 aromatic rings. The highest BCUT2D eigenvalue weighted by Crippen LogP contribution is 2.43. The second-order valence-corrected chi connectivity index (χ2v) is 16.9. The van der Waals surface area contributed by atoms with Crippen LogP contribution in [0.2, 0.25) is 0 Å². The van der Waals surface area contributed by atoms with Crippen LogP contribution in [0, 0.1) is 0 Å². The Morgan fingerprint density at radius 2 is 0.898 bits per heavy atom. The van der Waals surface area contributed by atoms with Crippen molar-refractivity contribution in [3.8, 4) is 0 Å². The Morgan fingerprint density at radius 1 is 0.508 bits per heavy atom. The van der Waals surface area contributed by atoms with E-state index in [9.17, 15) is 24.2 Å². The first kappa shape index (κ1) is 56.7. The molecule has 0 spiro atoms. The van der Waals surface area contributed by atoms with Crippen molar-refractivity contribution in [2.45, 2.75) is 206 Å². The lowest BCUT2D eigenvalue weighted by atomic mass is 10.1. The van der Waals surface area contributed by atoms with E-state index < -0.39 is 51.8 Å². The maximum atomic E-state index is 12.6. The lowest BCUT2D eigenvalue weighted by Crippen LogP contribution is -2.29. The molecule has 1 unspecified atom stereocenters. The maximum Gasteiger partial charge on any atom is 0.472 e. The number of allylic oxidation sites excluding steroid dienone is 10. The van der Waals surface area contributed by atoms with Crippen molar-refractivity contribution in [2.75, 3.05) is 26.4 Å². The monoisotopic (exact) mass is 853 g/mol. The first-order chi connectivity index (χ1) is 28.7. The van der Waals surface area contributed by atoms with E-state index in [0.29, 0.717) is 19.3 Å². The Hall–Kier alpha value is -2.33. The van der Waals surface area contributed by atoms with Gasteiger partial charge in [0.2, 0.25) is 0 Å². The number of rotatable bonds is 43. The predicted molar refractivity (Wildman–Crippen MR) is 242 cm³/mol. The molecule has 3 atom stereocenters. The van der Waals surface area contributed by atoms with Gasteiger partial charge in [0.1, 0.15) is 12.7 Å². The van der Waals surface area contributed by atoms with Gasteiger partial charge in [0, 0.05) is 12.8 Å². The molecule has 0 fully saturated rings. The van der Waals surface area contributed by atoms with Crippen LogP contribution in [0.25, 0.3) is 0 Å². The molecular weight excluding hydrogens is 767 g/mol. The molecule has 0 saturated heterocycles. The first-order valence-corrected chi connectivity index (χ1v) is 24.7. The summed E-state index contributed by atoms with van der Waals surface area (Å²) in [7, 11) is -4.64. The molecule has 0 aromatic heterocycles. The number of carbonyl (C=O) groups excluding carboxylic acids is 2. The lowest BCUT2D eigenvalue weighted by Gasteiger charge is -2.20. The highest BCUT2D eigenvalue weighted by molar-refractivity contribution is 7.47. The molecule has 3 N–H and O–H groups in total. The summed E-state index contributed by atoms with van der Waals surface area (Å²) >= 11 is 0. The standard InChI is InChI=1S/C48H85O10P/c1-3-5-7-9-11-13-15-17-19-20-21-22-23-24-26-27-29-31-33-35-37-39-47(51)55-43-46(44-57-59(53,54)56-42-45(50)41-49)58-48(52)40-38-36-34-32-30-28-25-18-16-14-12-10-8-6-4-2/h19-20,22-23,26-27,30-33,45-46,49-50H,3-18,21,24-25,28-29,34-44H2,1-2H3,(H,53,54)/b20-19+,23-22+,27-26+,32-30+,33-31+/t45-,46+/m1/s1. The fourth-order valence-electron chi connectivity index (χ4n) is 6.04. The van der Waals surface area contributed by atoms with Crippen LogP contribution in [-0.4, -0.2) is 65.7 Å². The summed E-state index contributed by atoms with van der Waals surface area (Å²) in [5.41, 5.74) is 0. The van der Waals surface area contributed by atoms with Crippen LogP contribution in [-0.2, 0) is 32.7 Å². The Morgan fingerprint density at radius 3 is 1.39 bits per heavy atom. The van der Waals surface area contributed by atoms with E-state index in [4.69, 9.17) is 19.1 Å². The van der Waals surface area contributed by atoms with Gasteiger partial charge in [-0.25, -0.2) is 4.57 Å². The number of aliphatic hydroxyl groups excluding tert-OH is 2. The van der Waals surface area contributed by atoms with Crippen molar-refractivity contribution < 1.29 is 47.8 Å². The zero-order valence-corrected chi connectivity index (χ0v) is 38.1. The molecule has 11 heteroatoms. The van der Waals surface area contributed by atoms with Crippen molar-refractivity contribution in [1.29, 1.82) is 0 Å². The van der Waals surface area contributed by atoms with Crippen molar-refractivity contribution in [3.05, 3.63) is 60.8 Å². The molecular formula is C48H85O10P. The molecule has 0 heterocycles. The second kappa shape index (κ2) is 43.7. The highest BCUT2D eigenvalue weighted by atomic mass is 31.2. The summed E-state index contributed by atoms with van der Waals surface area (Å²) < 4.78 is 32.7. The summed E-state index contributed by atoms with van der Waals surface area (Å²) in [6.07, 6.45) is 49.2. The molecule has 0 saturated carbocycles. The highest BCUT2D eigenvalue weighted by Gasteiger charge is 2.27. The van der Waals surface area contributed by atoms with E-state index in [2.05, 4.69) is 73.1 Å². The van der Waals surface area contributed by atoms with Gasteiger partial charge in [-0.3, -0.25) is 18.6 Å². The summed E-state index contributed by atoms with van der Waals surface area (Å²) in [5.74, 6) is -1.02. The van der Waals surface area contributed by atoms with Crippen LogP contribution < -0.4 is 0 Å². The third-order valence-electron chi connectivity index (χ3n) is 9.64. The van der Waals surface area contributed by atoms with Gasteiger partial charge in [-0.15, -0.1) is 0 Å². The number of ether oxygens (including phenoxy) is 2. The Bertz CT molecular complexity index is 1160. The SMILES string of the molecule is CCCCCCCCC/C=C/C/C=C/C/C=C/C/C=C/CCCC(=O)OC[C@@H](COP(=O)(O)OC[C@H](O)CO)OC(=O)CCCC/C=C/CCCCCCCCCCC. The van der Waals surface area contributed by atoms with Gasteiger partial charge in [-0.2, -0.15) is 0 Å². The Labute approximate surface area is 359 Å². The van der Waals surface area contributed by atoms with Gasteiger partial charge in [-0.1, -0.05) is 164 Å². The largest absolute Gasteiger partial charge is 0.472 e. The minimum absolute atomic E-state index is 0.141.